The molecule has 0 amide bonds. The van der Waals surface area contributed by atoms with Gasteiger partial charge in [-0.05, 0) is 25.6 Å². The second kappa shape index (κ2) is 6.45. The van der Waals surface area contributed by atoms with E-state index in [1.54, 1.807) is 7.11 Å². The van der Waals surface area contributed by atoms with Crippen LogP contribution in [0, 0.1) is 6.92 Å². The van der Waals surface area contributed by atoms with Crippen molar-refractivity contribution < 1.29 is 4.74 Å². The van der Waals surface area contributed by atoms with Crippen molar-refractivity contribution in [1.82, 2.24) is 10.3 Å². The minimum absolute atomic E-state index is 0.718. The van der Waals surface area contributed by atoms with Gasteiger partial charge in [-0.15, -0.1) is 0 Å². The number of nitrogens with zero attached hydrogens (tertiary/aromatic N) is 2. The molecule has 4 nitrogen and oxygen atoms in total. The number of aryl methyl sites for hydroxylation is 1. The lowest BCUT2D eigenvalue weighted by atomic mass is 10.2. The van der Waals surface area contributed by atoms with Crippen LogP contribution in [0.15, 0.2) is 12.1 Å². The zero-order valence-electron chi connectivity index (χ0n) is 10.6. The molecule has 0 aliphatic rings. The van der Waals surface area contributed by atoms with Gasteiger partial charge < -0.3 is 15.0 Å². The summed E-state index contributed by atoms with van der Waals surface area (Å²) in [5.74, 6) is 0.995. The molecule has 0 spiro atoms. The Labute approximate surface area is 97.6 Å². The van der Waals surface area contributed by atoms with E-state index in [1.165, 1.54) is 5.56 Å². The summed E-state index contributed by atoms with van der Waals surface area (Å²) in [7, 11) is 5.68. The molecule has 0 aliphatic carbocycles. The molecule has 4 heteroatoms. The topological polar surface area (TPSA) is 37.4 Å². The molecule has 16 heavy (non-hydrogen) atoms. The van der Waals surface area contributed by atoms with Gasteiger partial charge in [0.25, 0.3) is 0 Å². The normalized spacial score (nSPS) is 10.5. The van der Waals surface area contributed by atoms with Crippen LogP contribution in [0.2, 0.25) is 0 Å². The number of aromatic nitrogens is 1. The van der Waals surface area contributed by atoms with Crippen molar-refractivity contribution in [3.8, 4) is 0 Å². The van der Waals surface area contributed by atoms with Crippen molar-refractivity contribution in [1.29, 1.82) is 0 Å². The minimum atomic E-state index is 0.718. The largest absolute Gasteiger partial charge is 0.383 e. The van der Waals surface area contributed by atoms with E-state index in [1.807, 2.05) is 21.0 Å². The average molecular weight is 223 g/mol. The maximum absolute atomic E-state index is 5.05. The van der Waals surface area contributed by atoms with Crippen LogP contribution in [-0.2, 0) is 11.3 Å². The van der Waals surface area contributed by atoms with Crippen LogP contribution in [0.1, 0.15) is 11.3 Å². The Kier molecular flexibility index (Phi) is 5.22. The molecule has 0 unspecified atom stereocenters. The molecular formula is C12H21N3O. The molecule has 1 rings (SSSR count). The number of pyridine rings is 1. The standard InChI is InChI=1S/C12H21N3O/c1-10-11(9-13-2)5-6-12(14-10)15(3)7-8-16-4/h5-6,13H,7-9H2,1-4H3. The Morgan fingerprint density at radius 1 is 1.44 bits per heavy atom. The maximum atomic E-state index is 5.05. The third-order valence-corrected chi connectivity index (χ3v) is 2.57. The molecule has 1 aromatic rings. The first-order valence-corrected chi connectivity index (χ1v) is 5.50. The fourth-order valence-corrected chi connectivity index (χ4v) is 1.51. The summed E-state index contributed by atoms with van der Waals surface area (Å²) in [5, 5.41) is 3.13. The van der Waals surface area contributed by atoms with Crippen LogP contribution >= 0.6 is 0 Å². The molecule has 0 atom stereocenters. The van der Waals surface area contributed by atoms with Crippen molar-refractivity contribution in [3.05, 3.63) is 23.4 Å². The summed E-state index contributed by atoms with van der Waals surface area (Å²) in [6, 6.07) is 4.17. The highest BCUT2D eigenvalue weighted by atomic mass is 16.5. The fraction of sp³-hybridized carbons (Fsp3) is 0.583. The van der Waals surface area contributed by atoms with Gasteiger partial charge in [-0.3, -0.25) is 0 Å². The van der Waals surface area contributed by atoms with Crippen molar-refractivity contribution in [2.24, 2.45) is 0 Å². The van der Waals surface area contributed by atoms with Gasteiger partial charge in [0.1, 0.15) is 5.82 Å². The van der Waals surface area contributed by atoms with Crippen molar-refractivity contribution in [3.63, 3.8) is 0 Å². The number of methoxy groups -OCH3 is 1. The van der Waals surface area contributed by atoms with E-state index >= 15 is 0 Å². The summed E-state index contributed by atoms with van der Waals surface area (Å²) < 4.78 is 5.05. The fourth-order valence-electron chi connectivity index (χ4n) is 1.51. The number of likely N-dealkylation sites (N-methyl/N-ethyl adjacent to an activating group) is 1. The Balaban J connectivity index is 2.71. The molecule has 1 aromatic heterocycles. The highest BCUT2D eigenvalue weighted by molar-refractivity contribution is 5.40. The van der Waals surface area contributed by atoms with E-state index in [9.17, 15) is 0 Å². The van der Waals surface area contributed by atoms with Gasteiger partial charge >= 0.3 is 0 Å². The van der Waals surface area contributed by atoms with Crippen molar-refractivity contribution >= 4 is 5.82 Å². The Morgan fingerprint density at radius 3 is 2.75 bits per heavy atom. The first-order valence-electron chi connectivity index (χ1n) is 5.50. The molecule has 0 saturated carbocycles. The molecule has 0 aromatic carbocycles. The van der Waals surface area contributed by atoms with E-state index in [-0.39, 0.29) is 0 Å². The van der Waals surface area contributed by atoms with Crippen LogP contribution < -0.4 is 10.2 Å². The molecule has 90 valence electrons. The monoisotopic (exact) mass is 223 g/mol. The molecular weight excluding hydrogens is 202 g/mol. The lowest BCUT2D eigenvalue weighted by Crippen LogP contribution is -2.23. The van der Waals surface area contributed by atoms with Gasteiger partial charge in [0.2, 0.25) is 0 Å². The first kappa shape index (κ1) is 12.9. The van der Waals surface area contributed by atoms with Gasteiger partial charge in [0, 0.05) is 32.9 Å². The highest BCUT2D eigenvalue weighted by Crippen LogP contribution is 2.13. The highest BCUT2D eigenvalue weighted by Gasteiger charge is 2.04. The third kappa shape index (κ3) is 3.47. The van der Waals surface area contributed by atoms with Gasteiger partial charge in [-0.2, -0.15) is 0 Å². The molecule has 0 fully saturated rings. The first-order chi connectivity index (χ1) is 7.69. The van der Waals surface area contributed by atoms with Crippen LogP contribution in [0.5, 0.6) is 0 Å². The maximum Gasteiger partial charge on any atom is 0.128 e. The Morgan fingerprint density at radius 2 is 2.19 bits per heavy atom. The summed E-state index contributed by atoms with van der Waals surface area (Å²) in [6.07, 6.45) is 0. The molecule has 0 saturated heterocycles. The summed E-state index contributed by atoms with van der Waals surface area (Å²) in [4.78, 5) is 6.67. The molecule has 0 radical (unpaired) electrons. The smallest absolute Gasteiger partial charge is 0.128 e. The predicted octanol–water partition coefficient (Wildman–Crippen LogP) is 1.19. The number of ether oxygens (including phenoxy) is 1. The van der Waals surface area contributed by atoms with Gasteiger partial charge in [-0.1, -0.05) is 6.07 Å². The molecule has 0 aliphatic heterocycles. The second-order valence-electron chi connectivity index (χ2n) is 3.86. The van der Waals surface area contributed by atoms with Crippen molar-refractivity contribution in [2.45, 2.75) is 13.5 Å². The molecule has 0 bridgehead atoms. The van der Waals surface area contributed by atoms with E-state index < -0.39 is 0 Å². The van der Waals surface area contributed by atoms with Crippen LogP contribution in [0.4, 0.5) is 5.82 Å². The zero-order valence-corrected chi connectivity index (χ0v) is 10.6. The summed E-state index contributed by atoms with van der Waals surface area (Å²) >= 11 is 0. The zero-order chi connectivity index (χ0) is 12.0. The van der Waals surface area contributed by atoms with Gasteiger partial charge in [0.15, 0.2) is 0 Å². The number of hydrogen-bond donors (Lipinski definition) is 1. The predicted molar refractivity (Wildman–Crippen MR) is 66.9 cm³/mol. The minimum Gasteiger partial charge on any atom is -0.383 e. The van der Waals surface area contributed by atoms with E-state index in [0.29, 0.717) is 0 Å². The van der Waals surface area contributed by atoms with E-state index in [0.717, 1.165) is 31.2 Å². The van der Waals surface area contributed by atoms with Gasteiger partial charge in [-0.25, -0.2) is 4.98 Å². The quantitative estimate of drug-likeness (QED) is 0.786. The van der Waals surface area contributed by atoms with E-state index in [2.05, 4.69) is 27.3 Å². The Hall–Kier alpha value is -1.13. The number of rotatable bonds is 6. The summed E-state index contributed by atoms with van der Waals surface area (Å²) in [6.45, 7) is 4.48. The van der Waals surface area contributed by atoms with Crippen LogP contribution in [-0.4, -0.2) is 39.3 Å². The molecule has 1 heterocycles. The van der Waals surface area contributed by atoms with E-state index in [4.69, 9.17) is 4.74 Å². The average Bonchev–Trinajstić information content (AvgIpc) is 2.29. The Bertz CT molecular complexity index is 328. The van der Waals surface area contributed by atoms with Gasteiger partial charge in [0.05, 0.1) is 6.61 Å². The number of hydrogen-bond acceptors (Lipinski definition) is 4. The molecule has 1 N–H and O–H groups in total. The second-order valence-corrected chi connectivity index (χ2v) is 3.86. The summed E-state index contributed by atoms with van der Waals surface area (Å²) in [5.41, 5.74) is 2.32. The number of nitrogens with one attached hydrogen (secondary N) is 1. The number of anilines is 1. The lowest BCUT2D eigenvalue weighted by Gasteiger charge is -2.18. The third-order valence-electron chi connectivity index (χ3n) is 2.57. The lowest BCUT2D eigenvalue weighted by molar-refractivity contribution is 0.206. The van der Waals surface area contributed by atoms with Crippen molar-refractivity contribution in [2.75, 3.05) is 39.3 Å². The van der Waals surface area contributed by atoms with Crippen LogP contribution in [0.25, 0.3) is 0 Å². The van der Waals surface area contributed by atoms with Crippen LogP contribution in [0.3, 0.4) is 0 Å². The SMILES string of the molecule is CNCc1ccc(N(C)CCOC)nc1C.